The maximum absolute atomic E-state index is 12.2. The fourth-order valence-corrected chi connectivity index (χ4v) is 3.28. The molecule has 0 saturated heterocycles. The number of hydrogen-bond donors (Lipinski definition) is 2. The van der Waals surface area contributed by atoms with Gasteiger partial charge in [0.05, 0.1) is 0 Å². The third-order valence-electron chi connectivity index (χ3n) is 4.71. The molecular weight excluding hydrogens is 312 g/mol. The van der Waals surface area contributed by atoms with E-state index in [0.29, 0.717) is 11.7 Å². The number of carbonyl (C=O) groups is 1. The van der Waals surface area contributed by atoms with Crippen LogP contribution in [-0.2, 0) is 4.79 Å². The fraction of sp³-hybridized carbons (Fsp3) is 0.429. The predicted octanol–water partition coefficient (Wildman–Crippen LogP) is 4.55. The molecule has 4 heteroatoms. The summed E-state index contributed by atoms with van der Waals surface area (Å²) in [5, 5.41) is 12.4. The van der Waals surface area contributed by atoms with Crippen LogP contribution >= 0.6 is 0 Å². The smallest absolute Gasteiger partial charge is 0.258 e. The number of hydrogen-bond acceptors (Lipinski definition) is 3. The average Bonchev–Trinajstić information content (AvgIpc) is 2.63. The minimum atomic E-state index is -0.0951. The molecule has 2 atom stereocenters. The minimum Gasteiger partial charge on any atom is -0.483 e. The molecule has 25 heavy (non-hydrogen) atoms. The van der Waals surface area contributed by atoms with Gasteiger partial charge >= 0.3 is 0 Å². The number of benzene rings is 2. The van der Waals surface area contributed by atoms with Crippen LogP contribution in [0.15, 0.2) is 36.4 Å². The summed E-state index contributed by atoms with van der Waals surface area (Å²) in [6.45, 7) is 6.40. The summed E-state index contributed by atoms with van der Waals surface area (Å²) in [5.41, 5.74) is 0.839. The first-order valence-corrected chi connectivity index (χ1v) is 9.05. The number of nitrogens with one attached hydrogen (secondary N) is 2. The summed E-state index contributed by atoms with van der Waals surface area (Å²) in [4.78, 5) is 12.2. The monoisotopic (exact) mass is 340 g/mol. The number of fused-ring (bicyclic) bond motifs is 1. The lowest BCUT2D eigenvalue weighted by molar-refractivity contribution is -0.124. The van der Waals surface area contributed by atoms with Crippen molar-refractivity contribution in [3.05, 3.63) is 42.0 Å². The van der Waals surface area contributed by atoms with E-state index in [4.69, 9.17) is 10.1 Å². The summed E-state index contributed by atoms with van der Waals surface area (Å²) < 4.78 is 5.77. The van der Waals surface area contributed by atoms with Crippen molar-refractivity contribution < 1.29 is 9.53 Å². The lowest BCUT2D eigenvalue weighted by Gasteiger charge is -2.23. The first-order chi connectivity index (χ1) is 12.1. The predicted molar refractivity (Wildman–Crippen MR) is 104 cm³/mol. The quantitative estimate of drug-likeness (QED) is 0.658. The van der Waals surface area contributed by atoms with Crippen LogP contribution in [0, 0.1) is 11.3 Å². The van der Waals surface area contributed by atoms with E-state index in [0.717, 1.165) is 35.6 Å². The zero-order chi connectivity index (χ0) is 18.2. The van der Waals surface area contributed by atoms with Crippen molar-refractivity contribution in [1.82, 2.24) is 5.32 Å². The van der Waals surface area contributed by atoms with Gasteiger partial charge in [-0.25, -0.2) is 0 Å². The average molecular weight is 340 g/mol. The summed E-state index contributed by atoms with van der Waals surface area (Å²) in [6.07, 6.45) is 4.64. The van der Waals surface area contributed by atoms with Gasteiger partial charge in [0.25, 0.3) is 5.91 Å². The Morgan fingerprint density at radius 3 is 2.56 bits per heavy atom. The van der Waals surface area contributed by atoms with Crippen LogP contribution < -0.4 is 10.1 Å². The second-order valence-corrected chi connectivity index (χ2v) is 6.44. The molecule has 0 saturated carbocycles. The summed E-state index contributed by atoms with van der Waals surface area (Å²) in [7, 11) is 0. The first-order valence-electron chi connectivity index (χ1n) is 9.05. The molecule has 0 bridgehead atoms. The highest BCUT2D eigenvalue weighted by atomic mass is 16.5. The highest BCUT2D eigenvalue weighted by Gasteiger charge is 2.17. The van der Waals surface area contributed by atoms with Crippen molar-refractivity contribution >= 4 is 22.9 Å². The highest BCUT2D eigenvalue weighted by molar-refractivity contribution is 6.01. The van der Waals surface area contributed by atoms with Gasteiger partial charge in [-0.05, 0) is 36.8 Å². The van der Waals surface area contributed by atoms with Crippen LogP contribution in [0.3, 0.4) is 0 Å². The Balaban J connectivity index is 2.03. The zero-order valence-corrected chi connectivity index (χ0v) is 15.3. The Morgan fingerprint density at radius 2 is 1.92 bits per heavy atom. The Labute approximate surface area is 150 Å². The molecule has 1 amide bonds. The van der Waals surface area contributed by atoms with Crippen molar-refractivity contribution in [1.29, 1.82) is 5.41 Å². The van der Waals surface area contributed by atoms with E-state index in [9.17, 15) is 4.79 Å². The van der Waals surface area contributed by atoms with E-state index in [1.165, 1.54) is 6.21 Å². The van der Waals surface area contributed by atoms with Gasteiger partial charge in [0.1, 0.15) is 5.75 Å². The van der Waals surface area contributed by atoms with Gasteiger partial charge in [-0.1, -0.05) is 51.0 Å². The molecule has 0 spiro atoms. The number of rotatable bonds is 9. The standard InChI is InChI=1S/C21H28N2O2/c1-4-8-16(5-2)15(3)23-21(24)14-25-20-12-11-17(13-22)18-9-6-7-10-19(18)20/h6-7,9-13,15-16,22H,4-5,8,14H2,1-3H3,(H,23,24). The van der Waals surface area contributed by atoms with Gasteiger partial charge in [-0.2, -0.15) is 0 Å². The fourth-order valence-electron chi connectivity index (χ4n) is 3.28. The maximum atomic E-state index is 12.2. The number of ether oxygens (including phenoxy) is 1. The summed E-state index contributed by atoms with van der Waals surface area (Å²) in [5.74, 6) is 1.08. The Bertz CT molecular complexity index is 727. The molecule has 4 nitrogen and oxygen atoms in total. The van der Waals surface area contributed by atoms with E-state index >= 15 is 0 Å². The molecule has 2 rings (SSSR count). The molecule has 134 valence electrons. The first kappa shape index (κ1) is 19.0. The van der Waals surface area contributed by atoms with E-state index in [1.807, 2.05) is 36.4 Å². The van der Waals surface area contributed by atoms with Crippen LogP contribution in [0.5, 0.6) is 5.75 Å². The Kier molecular flexibility index (Phi) is 6.99. The van der Waals surface area contributed by atoms with Gasteiger partial charge in [-0.15, -0.1) is 0 Å². The minimum absolute atomic E-state index is 0.000823. The van der Waals surface area contributed by atoms with Gasteiger partial charge in [0.15, 0.2) is 6.61 Å². The molecule has 2 N–H and O–H groups in total. The topological polar surface area (TPSA) is 62.2 Å². The molecule has 2 aromatic carbocycles. The van der Waals surface area contributed by atoms with Crippen LogP contribution in [0.4, 0.5) is 0 Å². The van der Waals surface area contributed by atoms with Crippen LogP contribution in [-0.4, -0.2) is 24.8 Å². The Hall–Kier alpha value is -2.36. The lowest BCUT2D eigenvalue weighted by Crippen LogP contribution is -2.40. The molecule has 0 radical (unpaired) electrons. The maximum Gasteiger partial charge on any atom is 0.258 e. The number of amides is 1. The molecular formula is C21H28N2O2. The van der Waals surface area contributed by atoms with Gasteiger partial charge in [0, 0.05) is 23.2 Å². The van der Waals surface area contributed by atoms with Crippen molar-refractivity contribution in [3.8, 4) is 5.75 Å². The van der Waals surface area contributed by atoms with E-state index in [1.54, 1.807) is 0 Å². The third-order valence-corrected chi connectivity index (χ3v) is 4.71. The van der Waals surface area contributed by atoms with Crippen LogP contribution in [0.1, 0.15) is 45.6 Å². The van der Waals surface area contributed by atoms with E-state index in [2.05, 4.69) is 26.1 Å². The second kappa shape index (κ2) is 9.21. The SMILES string of the molecule is CCCC(CC)C(C)NC(=O)COc1ccc(C=N)c2ccccc12. The van der Waals surface area contributed by atoms with Gasteiger partial charge in [0.2, 0.25) is 0 Å². The summed E-state index contributed by atoms with van der Waals surface area (Å²) >= 11 is 0. The second-order valence-electron chi connectivity index (χ2n) is 6.44. The van der Waals surface area contributed by atoms with Crippen molar-refractivity contribution in [2.24, 2.45) is 5.92 Å². The van der Waals surface area contributed by atoms with Gasteiger partial charge < -0.3 is 15.5 Å². The molecule has 0 fully saturated rings. The molecule has 2 unspecified atom stereocenters. The largest absolute Gasteiger partial charge is 0.483 e. The lowest BCUT2D eigenvalue weighted by atomic mass is 9.93. The molecule has 0 aliphatic carbocycles. The van der Waals surface area contributed by atoms with Crippen LogP contribution in [0.2, 0.25) is 0 Å². The van der Waals surface area contributed by atoms with Crippen LogP contribution in [0.25, 0.3) is 10.8 Å². The molecule has 0 heterocycles. The molecule has 0 aliphatic heterocycles. The Morgan fingerprint density at radius 1 is 1.20 bits per heavy atom. The van der Waals surface area contributed by atoms with Crippen molar-refractivity contribution in [2.75, 3.05) is 6.61 Å². The highest BCUT2D eigenvalue weighted by Crippen LogP contribution is 2.27. The third kappa shape index (κ3) is 4.81. The van der Waals surface area contributed by atoms with E-state index < -0.39 is 0 Å². The molecule has 2 aromatic rings. The summed E-state index contributed by atoms with van der Waals surface area (Å²) in [6, 6.07) is 11.6. The normalized spacial score (nSPS) is 13.2. The van der Waals surface area contributed by atoms with Crippen molar-refractivity contribution in [3.63, 3.8) is 0 Å². The molecule has 0 aromatic heterocycles. The van der Waals surface area contributed by atoms with E-state index in [-0.39, 0.29) is 18.6 Å². The van der Waals surface area contributed by atoms with Crippen molar-refractivity contribution in [2.45, 2.75) is 46.1 Å². The molecule has 0 aliphatic rings. The van der Waals surface area contributed by atoms with Gasteiger partial charge in [-0.3, -0.25) is 4.79 Å². The zero-order valence-electron chi connectivity index (χ0n) is 15.3. The number of carbonyl (C=O) groups excluding carboxylic acids is 1.